The molecule has 2 saturated heterocycles. The summed E-state index contributed by atoms with van der Waals surface area (Å²) in [5, 5.41) is 2.84. The Balaban J connectivity index is 2.25. The molecule has 3 heteroatoms. The lowest BCUT2D eigenvalue weighted by Crippen LogP contribution is -2.73. The zero-order chi connectivity index (χ0) is 18.3. The molecule has 2 fully saturated rings. The molecule has 2 rings (SSSR count). The maximum absolute atomic E-state index is 5.76. The van der Waals surface area contributed by atoms with Crippen LogP contribution in [0.25, 0.3) is 0 Å². The summed E-state index contributed by atoms with van der Waals surface area (Å²) in [5.41, 5.74) is 6.07. The highest BCUT2D eigenvalue weighted by Crippen LogP contribution is 2.82. The van der Waals surface area contributed by atoms with Crippen molar-refractivity contribution in [2.75, 3.05) is 13.3 Å². The summed E-state index contributed by atoms with van der Waals surface area (Å²) in [6, 6.07) is 0. The highest BCUT2D eigenvalue weighted by Gasteiger charge is 2.69. The van der Waals surface area contributed by atoms with Crippen LogP contribution in [0.3, 0.4) is 0 Å². The maximum Gasteiger partial charge on any atom is 0.0453 e. The summed E-state index contributed by atoms with van der Waals surface area (Å²) in [4.78, 5) is 2.80. The van der Waals surface area contributed by atoms with Gasteiger partial charge in [-0.1, -0.05) is 47.1 Å². The third kappa shape index (κ3) is 2.57. The summed E-state index contributed by atoms with van der Waals surface area (Å²) in [5.74, 6) is 2.08. The monoisotopic (exact) mass is 354 g/mol. The highest BCUT2D eigenvalue weighted by atomic mass is 32.3. The second-order valence-electron chi connectivity index (χ2n) is 8.50. The average Bonchev–Trinajstić information content (AvgIpc) is 3.17. The first-order valence-electron chi connectivity index (χ1n) is 10.2. The lowest BCUT2D eigenvalue weighted by atomic mass is 9.62. The molecule has 0 aliphatic carbocycles. The van der Waals surface area contributed by atoms with E-state index in [1.807, 2.05) is 0 Å². The Labute approximate surface area is 152 Å². The Hall–Kier alpha value is -0.150. The molecule has 0 spiro atoms. The summed E-state index contributed by atoms with van der Waals surface area (Å²) in [6.45, 7) is 14.6. The molecule has 2 aliphatic rings. The number of nitrogens with two attached hydrogens (primary N) is 1. The molecule has 142 valence electrons. The maximum atomic E-state index is 5.76. The van der Waals surface area contributed by atoms with E-state index in [1.54, 1.807) is 6.20 Å². The van der Waals surface area contributed by atoms with Crippen molar-refractivity contribution in [2.45, 2.75) is 88.6 Å². The van der Waals surface area contributed by atoms with Crippen molar-refractivity contribution in [3.8, 4) is 0 Å². The van der Waals surface area contributed by atoms with Gasteiger partial charge in [0.05, 0.1) is 0 Å². The van der Waals surface area contributed by atoms with Crippen LogP contribution in [0.2, 0.25) is 0 Å². The van der Waals surface area contributed by atoms with Crippen molar-refractivity contribution in [3.05, 3.63) is 12.3 Å². The second-order valence-corrected chi connectivity index (χ2v) is 12.4. The van der Waals surface area contributed by atoms with Gasteiger partial charge in [0.1, 0.15) is 0 Å². The Bertz CT molecular complexity index is 441. The lowest BCUT2D eigenvalue weighted by Gasteiger charge is -2.68. The molecule has 7 atom stereocenters. The average molecular weight is 355 g/mol. The van der Waals surface area contributed by atoms with E-state index in [2.05, 4.69) is 65.8 Å². The van der Waals surface area contributed by atoms with E-state index in [1.165, 1.54) is 25.7 Å². The van der Waals surface area contributed by atoms with Crippen LogP contribution in [-0.2, 0) is 0 Å². The molecule has 0 radical (unpaired) electrons. The van der Waals surface area contributed by atoms with Crippen molar-refractivity contribution in [1.29, 1.82) is 0 Å². The normalized spacial score (nSPS) is 47.8. The fourth-order valence-electron chi connectivity index (χ4n) is 6.54. The van der Waals surface area contributed by atoms with Gasteiger partial charge in [-0.05, 0) is 63.4 Å². The number of allylic oxidation sites excluding steroid dienone is 1. The summed E-state index contributed by atoms with van der Waals surface area (Å²) in [6.07, 6.45) is 11.9. The number of likely N-dealkylation sites (tertiary alicyclic amines) is 1. The standard InChI is InChI=1S/C21H42N2S/c1-9-16(13-14-22)17(10-2)21(6)15(5)20(23(21)7)24(8)18(11-3)19(24)12-4/h13-20H,9-12,22H2,1-8H3/b14-13-. The summed E-state index contributed by atoms with van der Waals surface area (Å²) in [7, 11) is 1.95. The van der Waals surface area contributed by atoms with Crippen molar-refractivity contribution in [1.82, 2.24) is 4.90 Å². The number of hydrogen-bond acceptors (Lipinski definition) is 2. The van der Waals surface area contributed by atoms with Crippen molar-refractivity contribution in [3.63, 3.8) is 0 Å². The molecule has 0 saturated carbocycles. The predicted octanol–water partition coefficient (Wildman–Crippen LogP) is 5.18. The van der Waals surface area contributed by atoms with Gasteiger partial charge in [-0.25, -0.2) is 10.0 Å². The fourth-order valence-corrected chi connectivity index (χ4v) is 12.8. The highest BCUT2D eigenvalue weighted by molar-refractivity contribution is 8.40. The molecule has 0 aromatic rings. The Kier molecular flexibility index (Phi) is 6.07. The van der Waals surface area contributed by atoms with Crippen molar-refractivity contribution in [2.24, 2.45) is 23.5 Å². The topological polar surface area (TPSA) is 29.3 Å². The minimum atomic E-state index is -0.470. The first kappa shape index (κ1) is 20.2. The SMILES string of the molecule is CCC(/C=C\N)C(CC)C1(C)C(C)C(S2(C)C(CC)C2CC)N1C. The first-order chi connectivity index (χ1) is 11.3. The molecular weight excluding hydrogens is 312 g/mol. The van der Waals surface area contributed by atoms with Gasteiger partial charge in [0.2, 0.25) is 0 Å². The molecule has 2 aliphatic heterocycles. The van der Waals surface area contributed by atoms with Crippen LogP contribution in [-0.4, -0.2) is 39.6 Å². The van der Waals surface area contributed by atoms with E-state index in [4.69, 9.17) is 5.73 Å². The van der Waals surface area contributed by atoms with E-state index in [0.29, 0.717) is 17.4 Å². The van der Waals surface area contributed by atoms with Crippen LogP contribution >= 0.6 is 10.0 Å². The zero-order valence-corrected chi connectivity index (χ0v) is 18.2. The van der Waals surface area contributed by atoms with Gasteiger partial charge in [-0.3, -0.25) is 4.90 Å². The van der Waals surface area contributed by atoms with Crippen LogP contribution in [0.5, 0.6) is 0 Å². The Morgan fingerprint density at radius 3 is 2.00 bits per heavy atom. The summed E-state index contributed by atoms with van der Waals surface area (Å²) < 4.78 is 0. The zero-order valence-electron chi connectivity index (χ0n) is 17.4. The van der Waals surface area contributed by atoms with Crippen LogP contribution < -0.4 is 5.73 Å². The lowest BCUT2D eigenvalue weighted by molar-refractivity contribution is -0.112. The van der Waals surface area contributed by atoms with E-state index >= 15 is 0 Å². The molecule has 0 aromatic heterocycles. The third-order valence-electron chi connectivity index (χ3n) is 8.00. The minimum Gasteiger partial charge on any atom is -0.405 e. The molecule has 2 N–H and O–H groups in total. The van der Waals surface area contributed by atoms with Crippen LogP contribution in [0, 0.1) is 17.8 Å². The fraction of sp³-hybridized carbons (Fsp3) is 0.905. The number of hydrogen-bond donors (Lipinski definition) is 1. The van der Waals surface area contributed by atoms with Crippen LogP contribution in [0.15, 0.2) is 12.3 Å². The van der Waals surface area contributed by atoms with Gasteiger partial charge in [0.15, 0.2) is 0 Å². The van der Waals surface area contributed by atoms with Gasteiger partial charge in [-0.2, -0.15) is 0 Å². The predicted molar refractivity (Wildman–Crippen MR) is 112 cm³/mol. The first-order valence-corrected chi connectivity index (χ1v) is 12.4. The van der Waals surface area contributed by atoms with Gasteiger partial charge >= 0.3 is 0 Å². The molecule has 0 amide bonds. The molecule has 24 heavy (non-hydrogen) atoms. The number of nitrogens with zero attached hydrogens (tertiary/aromatic N) is 1. The quantitative estimate of drug-likeness (QED) is 0.608. The number of rotatable bonds is 8. The Morgan fingerprint density at radius 1 is 1.12 bits per heavy atom. The molecule has 2 nitrogen and oxygen atoms in total. The van der Waals surface area contributed by atoms with E-state index in [-0.39, 0.29) is 0 Å². The van der Waals surface area contributed by atoms with E-state index < -0.39 is 10.0 Å². The Morgan fingerprint density at radius 2 is 1.67 bits per heavy atom. The summed E-state index contributed by atoms with van der Waals surface area (Å²) >= 11 is 0. The third-order valence-corrected chi connectivity index (χ3v) is 13.4. The van der Waals surface area contributed by atoms with Crippen molar-refractivity contribution < 1.29 is 0 Å². The molecule has 7 unspecified atom stereocenters. The molecular formula is C21H42N2S. The van der Waals surface area contributed by atoms with E-state index in [0.717, 1.165) is 21.8 Å². The van der Waals surface area contributed by atoms with E-state index in [9.17, 15) is 0 Å². The molecule has 0 bridgehead atoms. The van der Waals surface area contributed by atoms with Crippen LogP contribution in [0.4, 0.5) is 0 Å². The molecule has 0 aromatic carbocycles. The largest absolute Gasteiger partial charge is 0.405 e. The molecule has 2 heterocycles. The smallest absolute Gasteiger partial charge is 0.0453 e. The van der Waals surface area contributed by atoms with Crippen molar-refractivity contribution >= 4 is 10.0 Å². The van der Waals surface area contributed by atoms with Crippen LogP contribution in [0.1, 0.15) is 67.2 Å². The van der Waals surface area contributed by atoms with Gasteiger partial charge in [0, 0.05) is 21.4 Å². The van der Waals surface area contributed by atoms with Gasteiger partial charge in [-0.15, -0.1) is 0 Å². The van der Waals surface area contributed by atoms with Gasteiger partial charge < -0.3 is 5.73 Å². The van der Waals surface area contributed by atoms with Gasteiger partial charge in [0.25, 0.3) is 0 Å². The minimum absolute atomic E-state index is 0.314. The second kappa shape index (κ2) is 7.23.